The molecular formula is C19H22ClNO2. The fourth-order valence-corrected chi connectivity index (χ4v) is 4.79. The van der Waals surface area contributed by atoms with Crippen molar-refractivity contribution >= 4 is 28.4 Å². The minimum atomic E-state index is 0.119. The van der Waals surface area contributed by atoms with Crippen LogP contribution in [0.4, 0.5) is 0 Å². The Labute approximate surface area is 141 Å². The van der Waals surface area contributed by atoms with Gasteiger partial charge < -0.3 is 4.42 Å². The number of nitrogens with zero attached hydrogens (tertiary/aromatic N) is 1. The molecule has 3 saturated heterocycles. The second-order valence-corrected chi connectivity index (χ2v) is 7.91. The van der Waals surface area contributed by atoms with Crippen LogP contribution in [-0.2, 0) is 0 Å². The third kappa shape index (κ3) is 2.41. The third-order valence-corrected chi connectivity index (χ3v) is 6.38. The summed E-state index contributed by atoms with van der Waals surface area (Å²) in [6, 6.07) is 5.58. The Morgan fingerprint density at radius 1 is 1.35 bits per heavy atom. The smallest absolute Gasteiger partial charge is 0.163 e. The van der Waals surface area contributed by atoms with Gasteiger partial charge in [0.1, 0.15) is 11.8 Å². The number of ketones is 1. The van der Waals surface area contributed by atoms with E-state index in [9.17, 15) is 4.79 Å². The molecule has 1 aromatic heterocycles. The third-order valence-electron chi connectivity index (χ3n) is 6.08. The molecule has 2 bridgehead atoms. The maximum Gasteiger partial charge on any atom is 0.163 e. The molecule has 1 atom stereocenters. The summed E-state index contributed by atoms with van der Waals surface area (Å²) >= 11 is 6.13. The minimum Gasteiger partial charge on any atom is -0.463 e. The number of furan rings is 1. The molecule has 1 aromatic carbocycles. The van der Waals surface area contributed by atoms with E-state index < -0.39 is 0 Å². The van der Waals surface area contributed by atoms with Gasteiger partial charge in [0, 0.05) is 22.9 Å². The standard InChI is InChI=1S/C19H22ClNO2/c1-19(2)15(12-5-7-21(19)8-6-12)10-17(22)13-3-4-18-14(9-13)16(20)11-23-18/h3-4,9,11-12,15H,5-8,10H2,1-2H3/t15-/m1/s1. The Kier molecular flexibility index (Phi) is 3.54. The lowest BCUT2D eigenvalue weighted by Crippen LogP contribution is -2.61. The SMILES string of the molecule is CC1(C)[C@H](CC(=O)c2ccc3occ(Cl)c3c2)C2CCN1CC2. The van der Waals surface area contributed by atoms with E-state index in [1.54, 1.807) is 0 Å². The van der Waals surface area contributed by atoms with Gasteiger partial charge in [-0.1, -0.05) is 11.6 Å². The van der Waals surface area contributed by atoms with Gasteiger partial charge in [-0.2, -0.15) is 0 Å². The molecule has 3 fully saturated rings. The first kappa shape index (κ1) is 15.2. The van der Waals surface area contributed by atoms with Crippen molar-refractivity contribution in [1.82, 2.24) is 4.90 Å². The first-order valence-electron chi connectivity index (χ1n) is 8.42. The number of fused-ring (bicyclic) bond motifs is 4. The summed E-state index contributed by atoms with van der Waals surface area (Å²) in [6.07, 6.45) is 4.61. The Morgan fingerprint density at radius 3 is 2.78 bits per heavy atom. The van der Waals surface area contributed by atoms with E-state index in [4.69, 9.17) is 16.0 Å². The average molecular weight is 332 g/mol. The highest BCUT2D eigenvalue weighted by atomic mass is 35.5. The van der Waals surface area contributed by atoms with Crippen LogP contribution in [0, 0.1) is 11.8 Å². The molecule has 0 unspecified atom stereocenters. The number of piperidine rings is 3. The summed E-state index contributed by atoms with van der Waals surface area (Å²) in [4.78, 5) is 15.4. The Balaban J connectivity index is 1.60. The number of hydrogen-bond donors (Lipinski definition) is 0. The predicted octanol–water partition coefficient (Wildman–Crippen LogP) is 4.78. The maximum absolute atomic E-state index is 12.9. The number of benzene rings is 1. The zero-order valence-corrected chi connectivity index (χ0v) is 14.4. The highest BCUT2D eigenvalue weighted by Crippen LogP contribution is 2.45. The highest BCUT2D eigenvalue weighted by molar-refractivity contribution is 6.35. The van der Waals surface area contributed by atoms with Crippen LogP contribution in [0.1, 0.15) is 43.5 Å². The second kappa shape index (κ2) is 5.35. The van der Waals surface area contributed by atoms with Crippen molar-refractivity contribution in [3.63, 3.8) is 0 Å². The van der Waals surface area contributed by atoms with Crippen LogP contribution in [0.3, 0.4) is 0 Å². The van der Waals surface area contributed by atoms with E-state index in [1.807, 2.05) is 18.2 Å². The largest absolute Gasteiger partial charge is 0.463 e. The molecule has 3 nitrogen and oxygen atoms in total. The second-order valence-electron chi connectivity index (χ2n) is 7.51. The quantitative estimate of drug-likeness (QED) is 0.759. The number of rotatable bonds is 3. The van der Waals surface area contributed by atoms with Crippen molar-refractivity contribution in [1.29, 1.82) is 0 Å². The van der Waals surface area contributed by atoms with E-state index in [0.717, 1.165) is 16.5 Å². The normalized spacial score (nSPS) is 29.1. The van der Waals surface area contributed by atoms with Gasteiger partial charge in [0.05, 0.1) is 5.02 Å². The molecule has 23 heavy (non-hydrogen) atoms. The maximum atomic E-state index is 12.9. The van der Waals surface area contributed by atoms with E-state index in [2.05, 4.69) is 18.7 Å². The fraction of sp³-hybridized carbons (Fsp3) is 0.526. The summed E-state index contributed by atoms with van der Waals surface area (Å²) < 4.78 is 5.36. The summed E-state index contributed by atoms with van der Waals surface area (Å²) in [5.74, 6) is 1.34. The molecule has 4 heteroatoms. The lowest BCUT2D eigenvalue weighted by atomic mass is 9.65. The van der Waals surface area contributed by atoms with E-state index in [0.29, 0.717) is 23.3 Å². The van der Waals surface area contributed by atoms with Crippen molar-refractivity contribution in [2.45, 2.75) is 38.6 Å². The first-order valence-corrected chi connectivity index (χ1v) is 8.79. The van der Waals surface area contributed by atoms with Gasteiger partial charge in [-0.15, -0.1) is 0 Å². The Bertz CT molecular complexity index is 756. The molecule has 0 radical (unpaired) electrons. The first-order chi connectivity index (χ1) is 11.0. The molecule has 0 aliphatic carbocycles. The molecule has 122 valence electrons. The lowest BCUT2D eigenvalue weighted by Gasteiger charge is -2.56. The fourth-order valence-electron chi connectivity index (χ4n) is 4.60. The number of Topliss-reactive ketones (excluding diaryl/α,β-unsaturated/α-hetero) is 1. The van der Waals surface area contributed by atoms with Gasteiger partial charge in [0.2, 0.25) is 0 Å². The number of carbonyl (C=O) groups excluding carboxylic acids is 1. The van der Waals surface area contributed by atoms with Gasteiger partial charge in [0.15, 0.2) is 5.78 Å². The molecule has 3 aliphatic heterocycles. The van der Waals surface area contributed by atoms with Gasteiger partial charge in [-0.25, -0.2) is 0 Å². The summed E-state index contributed by atoms with van der Waals surface area (Å²) in [7, 11) is 0. The molecule has 0 saturated carbocycles. The number of carbonyl (C=O) groups is 1. The van der Waals surface area contributed by atoms with Crippen molar-refractivity contribution in [3.8, 4) is 0 Å². The minimum absolute atomic E-state index is 0.119. The lowest BCUT2D eigenvalue weighted by molar-refractivity contribution is -0.0643. The molecule has 2 aromatic rings. The van der Waals surface area contributed by atoms with Crippen molar-refractivity contribution in [2.24, 2.45) is 11.8 Å². The zero-order valence-electron chi connectivity index (χ0n) is 13.6. The van der Waals surface area contributed by atoms with Crippen molar-refractivity contribution in [2.75, 3.05) is 13.1 Å². The molecule has 3 aliphatic rings. The molecule has 0 amide bonds. The van der Waals surface area contributed by atoms with Crippen LogP contribution < -0.4 is 0 Å². The van der Waals surface area contributed by atoms with Crippen LogP contribution >= 0.6 is 11.6 Å². The topological polar surface area (TPSA) is 33.5 Å². The summed E-state index contributed by atoms with van der Waals surface area (Å²) in [5.41, 5.74) is 1.59. The van der Waals surface area contributed by atoms with E-state index >= 15 is 0 Å². The van der Waals surface area contributed by atoms with E-state index in [-0.39, 0.29) is 11.3 Å². The molecule has 4 heterocycles. The van der Waals surface area contributed by atoms with Crippen LogP contribution in [0.15, 0.2) is 28.9 Å². The average Bonchev–Trinajstić information content (AvgIpc) is 2.92. The van der Waals surface area contributed by atoms with Crippen LogP contribution in [0.2, 0.25) is 5.02 Å². The summed E-state index contributed by atoms with van der Waals surface area (Å²) in [5, 5.41) is 1.39. The Morgan fingerprint density at radius 2 is 2.09 bits per heavy atom. The van der Waals surface area contributed by atoms with Gasteiger partial charge in [-0.05, 0) is 69.8 Å². The van der Waals surface area contributed by atoms with Gasteiger partial charge >= 0.3 is 0 Å². The van der Waals surface area contributed by atoms with Crippen LogP contribution in [0.5, 0.6) is 0 Å². The Hall–Kier alpha value is -1.32. The molecule has 0 N–H and O–H groups in total. The predicted molar refractivity (Wildman–Crippen MR) is 92.0 cm³/mol. The number of halogens is 1. The molecule has 0 spiro atoms. The van der Waals surface area contributed by atoms with Crippen LogP contribution in [-0.4, -0.2) is 29.3 Å². The van der Waals surface area contributed by atoms with Gasteiger partial charge in [0.25, 0.3) is 0 Å². The highest BCUT2D eigenvalue weighted by Gasteiger charge is 2.47. The zero-order chi connectivity index (χ0) is 16.2. The van der Waals surface area contributed by atoms with Crippen molar-refractivity contribution in [3.05, 3.63) is 35.0 Å². The summed E-state index contributed by atoms with van der Waals surface area (Å²) in [6.45, 7) is 6.96. The molecular weight excluding hydrogens is 310 g/mol. The monoisotopic (exact) mass is 331 g/mol. The van der Waals surface area contributed by atoms with E-state index in [1.165, 1.54) is 32.2 Å². The van der Waals surface area contributed by atoms with Crippen molar-refractivity contribution < 1.29 is 9.21 Å². The number of hydrogen-bond acceptors (Lipinski definition) is 3. The van der Waals surface area contributed by atoms with Gasteiger partial charge in [-0.3, -0.25) is 9.69 Å². The molecule has 5 rings (SSSR count). The van der Waals surface area contributed by atoms with Crippen LogP contribution in [0.25, 0.3) is 11.0 Å².